The van der Waals surface area contributed by atoms with E-state index in [1.165, 1.54) is 12.1 Å². The predicted molar refractivity (Wildman–Crippen MR) is 58.7 cm³/mol. The highest BCUT2D eigenvalue weighted by atomic mass is 35.5. The Hall–Kier alpha value is -1.88. The minimum Gasteiger partial charge on any atom is -0.477 e. The zero-order valence-electron chi connectivity index (χ0n) is 7.86. The maximum Gasteiger partial charge on any atom is 0.341 e. The summed E-state index contributed by atoms with van der Waals surface area (Å²) in [4.78, 5) is 24.8. The average molecular weight is 244 g/mol. The van der Waals surface area contributed by atoms with Gasteiger partial charge in [0.25, 0.3) is 0 Å². The third-order valence-electron chi connectivity index (χ3n) is 2.07. The van der Waals surface area contributed by atoms with Crippen LogP contribution in [0.5, 0.6) is 0 Å². The van der Waals surface area contributed by atoms with E-state index in [1.807, 2.05) is 0 Å². The van der Waals surface area contributed by atoms with Gasteiger partial charge in [-0.15, -0.1) is 12.4 Å². The van der Waals surface area contributed by atoms with Crippen LogP contribution in [0.2, 0.25) is 0 Å². The van der Waals surface area contributed by atoms with Crippen molar-refractivity contribution in [1.82, 2.24) is 4.98 Å². The number of carboxylic acids is 1. The molecule has 1 aromatic heterocycles. The van der Waals surface area contributed by atoms with Crippen LogP contribution in [0.15, 0.2) is 29.2 Å². The summed E-state index contributed by atoms with van der Waals surface area (Å²) < 4.78 is 12.8. The van der Waals surface area contributed by atoms with Gasteiger partial charge in [0.1, 0.15) is 11.4 Å². The molecule has 0 aliphatic rings. The van der Waals surface area contributed by atoms with Gasteiger partial charge in [0, 0.05) is 17.1 Å². The second kappa shape index (κ2) is 4.32. The van der Waals surface area contributed by atoms with Crippen molar-refractivity contribution in [1.29, 1.82) is 0 Å². The largest absolute Gasteiger partial charge is 0.477 e. The molecule has 0 saturated heterocycles. The topological polar surface area (TPSA) is 70.2 Å². The van der Waals surface area contributed by atoms with Crippen LogP contribution in [0, 0.1) is 5.82 Å². The van der Waals surface area contributed by atoms with Gasteiger partial charge >= 0.3 is 5.97 Å². The lowest BCUT2D eigenvalue weighted by Gasteiger charge is -1.99. The van der Waals surface area contributed by atoms with Gasteiger partial charge in [0.2, 0.25) is 5.43 Å². The van der Waals surface area contributed by atoms with Gasteiger partial charge in [0.15, 0.2) is 0 Å². The molecule has 2 rings (SSSR count). The third-order valence-corrected chi connectivity index (χ3v) is 2.07. The Kier molecular flexibility index (Phi) is 3.29. The number of benzene rings is 1. The third kappa shape index (κ3) is 1.90. The number of aromatic nitrogens is 1. The number of pyridine rings is 1. The van der Waals surface area contributed by atoms with Crippen LogP contribution < -0.4 is 5.43 Å². The number of rotatable bonds is 1. The average Bonchev–Trinajstić information content (AvgIpc) is 2.19. The SMILES string of the molecule is Cl.O=C(O)c1c[nH]c2ccc(F)cc2c1=O. The lowest BCUT2D eigenvalue weighted by Crippen LogP contribution is -2.15. The monoisotopic (exact) mass is 243 g/mol. The highest BCUT2D eigenvalue weighted by Gasteiger charge is 2.11. The molecule has 0 fully saturated rings. The molecule has 0 unspecified atom stereocenters. The van der Waals surface area contributed by atoms with E-state index in [0.29, 0.717) is 5.52 Å². The number of carboxylic acid groups (broad SMARTS) is 1. The molecule has 0 bridgehead atoms. The van der Waals surface area contributed by atoms with Crippen molar-refractivity contribution in [3.8, 4) is 0 Å². The second-order valence-corrected chi connectivity index (χ2v) is 3.03. The maximum absolute atomic E-state index is 12.8. The van der Waals surface area contributed by atoms with Crippen LogP contribution in [0.1, 0.15) is 10.4 Å². The molecule has 0 aliphatic heterocycles. The van der Waals surface area contributed by atoms with Crippen LogP contribution in [-0.2, 0) is 0 Å². The predicted octanol–water partition coefficient (Wildman–Crippen LogP) is 1.79. The number of fused-ring (bicyclic) bond motifs is 1. The van der Waals surface area contributed by atoms with Gasteiger partial charge in [0.05, 0.1) is 0 Å². The molecule has 6 heteroatoms. The summed E-state index contributed by atoms with van der Waals surface area (Å²) in [7, 11) is 0. The molecule has 0 radical (unpaired) electrons. The first-order chi connectivity index (χ1) is 7.09. The van der Waals surface area contributed by atoms with Gasteiger partial charge < -0.3 is 10.1 Å². The number of carbonyl (C=O) groups is 1. The number of nitrogens with one attached hydrogen (secondary N) is 1. The van der Waals surface area contributed by atoms with Gasteiger partial charge in [-0.1, -0.05) is 0 Å². The number of hydrogen-bond donors (Lipinski definition) is 2. The smallest absolute Gasteiger partial charge is 0.341 e. The lowest BCUT2D eigenvalue weighted by molar-refractivity contribution is 0.0695. The molecule has 16 heavy (non-hydrogen) atoms. The quantitative estimate of drug-likeness (QED) is 0.802. The number of aromatic amines is 1. The summed E-state index contributed by atoms with van der Waals surface area (Å²) in [5.74, 6) is -1.90. The van der Waals surface area contributed by atoms with E-state index in [2.05, 4.69) is 4.98 Å². The van der Waals surface area contributed by atoms with Gasteiger partial charge in [-0.2, -0.15) is 0 Å². The molecule has 1 aromatic carbocycles. The molecule has 84 valence electrons. The fourth-order valence-corrected chi connectivity index (χ4v) is 1.35. The lowest BCUT2D eigenvalue weighted by atomic mass is 10.1. The van der Waals surface area contributed by atoms with Crippen molar-refractivity contribution < 1.29 is 14.3 Å². The van der Waals surface area contributed by atoms with E-state index in [-0.39, 0.29) is 17.8 Å². The van der Waals surface area contributed by atoms with Gasteiger partial charge in [-0.3, -0.25) is 4.79 Å². The summed E-state index contributed by atoms with van der Waals surface area (Å²) >= 11 is 0. The first kappa shape index (κ1) is 12.2. The molecule has 0 aliphatic carbocycles. The Bertz CT molecular complexity index is 609. The Balaban J connectivity index is 0.00000128. The van der Waals surface area contributed by atoms with Crippen LogP contribution in [0.25, 0.3) is 10.9 Å². The van der Waals surface area contributed by atoms with Crippen molar-refractivity contribution in [2.75, 3.05) is 0 Å². The van der Waals surface area contributed by atoms with Gasteiger partial charge in [-0.25, -0.2) is 9.18 Å². The van der Waals surface area contributed by atoms with E-state index in [9.17, 15) is 14.0 Å². The normalized spacial score (nSPS) is 9.81. The van der Waals surface area contributed by atoms with Crippen LogP contribution >= 0.6 is 12.4 Å². The Morgan fingerprint density at radius 3 is 2.69 bits per heavy atom. The van der Waals surface area contributed by atoms with Gasteiger partial charge in [-0.05, 0) is 18.2 Å². The molecule has 0 saturated carbocycles. The summed E-state index contributed by atoms with van der Waals surface area (Å²) in [5.41, 5.74) is -0.671. The zero-order chi connectivity index (χ0) is 11.0. The second-order valence-electron chi connectivity index (χ2n) is 3.03. The first-order valence-electron chi connectivity index (χ1n) is 4.14. The van der Waals surface area contributed by atoms with Crippen molar-refractivity contribution in [2.24, 2.45) is 0 Å². The molecule has 2 aromatic rings. The van der Waals surface area contributed by atoms with Crippen LogP contribution in [0.4, 0.5) is 4.39 Å². The highest BCUT2D eigenvalue weighted by Crippen LogP contribution is 2.09. The van der Waals surface area contributed by atoms with Crippen molar-refractivity contribution >= 4 is 29.3 Å². The molecule has 0 spiro atoms. The fraction of sp³-hybridized carbons (Fsp3) is 0. The Morgan fingerprint density at radius 2 is 2.06 bits per heavy atom. The van der Waals surface area contributed by atoms with E-state index >= 15 is 0 Å². The van der Waals surface area contributed by atoms with E-state index in [0.717, 1.165) is 12.3 Å². The Morgan fingerprint density at radius 1 is 1.38 bits per heavy atom. The molecule has 4 nitrogen and oxygen atoms in total. The van der Waals surface area contributed by atoms with E-state index < -0.39 is 22.8 Å². The zero-order valence-corrected chi connectivity index (χ0v) is 8.68. The minimum absolute atomic E-state index is 0. The number of aromatic carboxylic acids is 1. The maximum atomic E-state index is 12.8. The summed E-state index contributed by atoms with van der Waals surface area (Å²) in [6.07, 6.45) is 1.10. The van der Waals surface area contributed by atoms with Crippen LogP contribution in [-0.4, -0.2) is 16.1 Å². The molecule has 0 atom stereocenters. The standard InChI is InChI=1S/C10H6FNO3.ClH/c11-5-1-2-8-6(3-5)9(13)7(4-12-8)10(14)15;/h1-4H,(H,12,13)(H,14,15);1H. The van der Waals surface area contributed by atoms with Crippen molar-refractivity contribution in [3.63, 3.8) is 0 Å². The number of halogens is 2. The molecular weight excluding hydrogens is 237 g/mol. The summed E-state index contributed by atoms with van der Waals surface area (Å²) in [5, 5.41) is 8.72. The first-order valence-corrected chi connectivity index (χ1v) is 4.14. The molecule has 0 amide bonds. The summed E-state index contributed by atoms with van der Waals surface area (Å²) in [6, 6.07) is 3.59. The Labute approximate surface area is 95.1 Å². The van der Waals surface area contributed by atoms with E-state index in [1.54, 1.807) is 0 Å². The molecule has 2 N–H and O–H groups in total. The minimum atomic E-state index is -1.33. The fourth-order valence-electron chi connectivity index (χ4n) is 1.35. The number of H-pyrrole nitrogens is 1. The van der Waals surface area contributed by atoms with E-state index in [4.69, 9.17) is 5.11 Å². The molecular formula is C10H7ClFNO3. The van der Waals surface area contributed by atoms with Crippen LogP contribution in [0.3, 0.4) is 0 Å². The summed E-state index contributed by atoms with van der Waals surface area (Å²) in [6.45, 7) is 0. The number of hydrogen-bond acceptors (Lipinski definition) is 2. The molecule has 1 heterocycles. The highest BCUT2D eigenvalue weighted by molar-refractivity contribution is 5.92. The van der Waals surface area contributed by atoms with Crippen molar-refractivity contribution in [3.05, 3.63) is 46.0 Å². The van der Waals surface area contributed by atoms with Crippen molar-refractivity contribution in [2.45, 2.75) is 0 Å².